The number of carbonyl (C=O) groups is 1. The van der Waals surface area contributed by atoms with Gasteiger partial charge >= 0.3 is 5.97 Å². The van der Waals surface area contributed by atoms with Gasteiger partial charge in [-0.05, 0) is 19.1 Å². The minimum Gasteiger partial charge on any atom is -0.466 e. The lowest BCUT2D eigenvalue weighted by Crippen LogP contribution is -2.21. The predicted octanol–water partition coefficient (Wildman–Crippen LogP) is 1.34. The molecule has 0 aliphatic carbocycles. The van der Waals surface area contributed by atoms with Crippen LogP contribution in [0.25, 0.3) is 0 Å². The van der Waals surface area contributed by atoms with Crippen LogP contribution >= 0.6 is 0 Å². The first kappa shape index (κ1) is 13.3. The van der Waals surface area contributed by atoms with E-state index in [2.05, 4.69) is 5.32 Å². The summed E-state index contributed by atoms with van der Waals surface area (Å²) in [5, 5.41) is 12.5. The van der Waals surface area contributed by atoms with Crippen molar-refractivity contribution in [1.82, 2.24) is 0 Å². The largest absolute Gasteiger partial charge is 0.466 e. The molecule has 5 heteroatoms. The quantitative estimate of drug-likeness (QED) is 0.395. The topological polar surface area (TPSA) is 84.6 Å². The second-order valence-electron chi connectivity index (χ2n) is 3.59. The van der Waals surface area contributed by atoms with Crippen molar-refractivity contribution >= 4 is 17.3 Å². The molecule has 0 amide bonds. The number of hydrogen-bond acceptors (Lipinski definition) is 5. The van der Waals surface area contributed by atoms with E-state index in [1.54, 1.807) is 19.1 Å². The van der Waals surface area contributed by atoms with Crippen LogP contribution in [0.15, 0.2) is 24.3 Å². The van der Waals surface area contributed by atoms with Crippen LogP contribution in [0.3, 0.4) is 0 Å². The van der Waals surface area contributed by atoms with Crippen molar-refractivity contribution in [2.45, 2.75) is 26.0 Å². The van der Waals surface area contributed by atoms with Crippen molar-refractivity contribution in [3.63, 3.8) is 0 Å². The summed E-state index contributed by atoms with van der Waals surface area (Å²) in [6.45, 7) is 2.10. The second kappa shape index (κ2) is 6.75. The number of carbonyl (C=O) groups excluding carboxylic acids is 1. The highest BCUT2D eigenvalue weighted by atomic mass is 16.5. The van der Waals surface area contributed by atoms with Gasteiger partial charge in [-0.2, -0.15) is 0 Å². The summed E-state index contributed by atoms with van der Waals surface area (Å²) >= 11 is 0. The Labute approximate surface area is 101 Å². The van der Waals surface area contributed by atoms with Crippen molar-refractivity contribution < 1.29 is 14.6 Å². The Morgan fingerprint density at radius 3 is 2.88 bits per heavy atom. The van der Waals surface area contributed by atoms with E-state index in [0.29, 0.717) is 18.0 Å². The van der Waals surface area contributed by atoms with E-state index in [-0.39, 0.29) is 18.8 Å². The standard InChI is InChI=1S/C12H18N2O3/c1-2-17-12(16)8-7-11(15)14-10-6-4-3-5-9(10)13/h3-6,11,14-15H,2,7-8,13H2,1H3. The first-order valence-corrected chi connectivity index (χ1v) is 5.58. The maximum atomic E-state index is 11.1. The van der Waals surface area contributed by atoms with E-state index in [0.717, 1.165) is 0 Å². The number of nitrogens with two attached hydrogens (primary N) is 1. The first-order chi connectivity index (χ1) is 8.13. The van der Waals surface area contributed by atoms with Gasteiger partial charge in [-0.1, -0.05) is 12.1 Å². The van der Waals surface area contributed by atoms with Crippen LogP contribution in [0, 0.1) is 0 Å². The fraction of sp³-hybridized carbons (Fsp3) is 0.417. The highest BCUT2D eigenvalue weighted by Crippen LogP contribution is 2.18. The molecule has 1 atom stereocenters. The van der Waals surface area contributed by atoms with Gasteiger partial charge in [-0.15, -0.1) is 0 Å². The van der Waals surface area contributed by atoms with Gasteiger partial charge < -0.3 is 20.9 Å². The van der Waals surface area contributed by atoms with Crippen molar-refractivity contribution in [3.05, 3.63) is 24.3 Å². The smallest absolute Gasteiger partial charge is 0.305 e. The molecule has 0 bridgehead atoms. The lowest BCUT2D eigenvalue weighted by Gasteiger charge is -2.15. The lowest BCUT2D eigenvalue weighted by atomic mass is 10.2. The van der Waals surface area contributed by atoms with Gasteiger partial charge in [0.15, 0.2) is 0 Å². The minimum atomic E-state index is -0.816. The molecule has 0 spiro atoms. The minimum absolute atomic E-state index is 0.175. The predicted molar refractivity (Wildman–Crippen MR) is 66.4 cm³/mol. The molecule has 5 nitrogen and oxygen atoms in total. The molecule has 17 heavy (non-hydrogen) atoms. The maximum Gasteiger partial charge on any atom is 0.305 e. The van der Waals surface area contributed by atoms with Crippen LogP contribution in [0.1, 0.15) is 19.8 Å². The molecule has 94 valence electrons. The zero-order valence-corrected chi connectivity index (χ0v) is 9.85. The molecule has 0 fully saturated rings. The van der Waals surface area contributed by atoms with Gasteiger partial charge in [0.25, 0.3) is 0 Å². The molecule has 1 rings (SSSR count). The molecule has 1 aromatic rings. The molecule has 0 saturated heterocycles. The number of anilines is 2. The number of aliphatic hydroxyl groups excluding tert-OH is 1. The first-order valence-electron chi connectivity index (χ1n) is 5.58. The van der Waals surface area contributed by atoms with Crippen LogP contribution in [-0.2, 0) is 9.53 Å². The van der Waals surface area contributed by atoms with Gasteiger partial charge in [0, 0.05) is 12.8 Å². The van der Waals surface area contributed by atoms with E-state index in [1.807, 2.05) is 12.1 Å². The van der Waals surface area contributed by atoms with Gasteiger partial charge in [-0.3, -0.25) is 4.79 Å². The third kappa shape index (κ3) is 4.74. The number of nitrogen functional groups attached to an aromatic ring is 1. The zero-order valence-electron chi connectivity index (χ0n) is 9.85. The Balaban J connectivity index is 2.37. The van der Waals surface area contributed by atoms with Crippen molar-refractivity contribution in [3.8, 4) is 0 Å². The number of rotatable bonds is 6. The van der Waals surface area contributed by atoms with Crippen LogP contribution in [0.5, 0.6) is 0 Å². The summed E-state index contributed by atoms with van der Waals surface area (Å²) in [4.78, 5) is 11.1. The zero-order chi connectivity index (χ0) is 12.7. The summed E-state index contributed by atoms with van der Waals surface area (Å²) in [6.07, 6.45) is -0.355. The molecule has 4 N–H and O–H groups in total. The third-order valence-corrected chi connectivity index (χ3v) is 2.21. The molecule has 0 saturated carbocycles. The van der Waals surface area contributed by atoms with Gasteiger partial charge in [0.05, 0.1) is 18.0 Å². The number of hydrogen-bond donors (Lipinski definition) is 3. The Morgan fingerprint density at radius 2 is 2.24 bits per heavy atom. The van der Waals surface area contributed by atoms with Gasteiger partial charge in [0.1, 0.15) is 6.23 Å². The molecule has 0 radical (unpaired) electrons. The Hall–Kier alpha value is -1.75. The highest BCUT2D eigenvalue weighted by molar-refractivity contribution is 5.69. The van der Waals surface area contributed by atoms with Crippen LogP contribution in [0.4, 0.5) is 11.4 Å². The van der Waals surface area contributed by atoms with Crippen molar-refractivity contribution in [2.24, 2.45) is 0 Å². The molecular weight excluding hydrogens is 220 g/mol. The molecule has 1 aromatic carbocycles. The van der Waals surface area contributed by atoms with Gasteiger partial charge in [-0.25, -0.2) is 0 Å². The SMILES string of the molecule is CCOC(=O)CCC(O)Nc1ccccc1N. The van der Waals surface area contributed by atoms with Crippen molar-refractivity contribution in [2.75, 3.05) is 17.7 Å². The average Bonchev–Trinajstić information content (AvgIpc) is 2.30. The summed E-state index contributed by atoms with van der Waals surface area (Å²) in [6, 6.07) is 7.13. The summed E-state index contributed by atoms with van der Waals surface area (Å²) < 4.78 is 4.76. The maximum absolute atomic E-state index is 11.1. The number of ether oxygens (including phenoxy) is 1. The monoisotopic (exact) mass is 238 g/mol. The van der Waals surface area contributed by atoms with Crippen LogP contribution < -0.4 is 11.1 Å². The number of aliphatic hydroxyl groups is 1. The molecule has 0 aromatic heterocycles. The van der Waals surface area contributed by atoms with E-state index in [1.165, 1.54) is 0 Å². The second-order valence-corrected chi connectivity index (χ2v) is 3.59. The Morgan fingerprint density at radius 1 is 1.53 bits per heavy atom. The van der Waals surface area contributed by atoms with Crippen LogP contribution in [-0.4, -0.2) is 23.9 Å². The molecule has 0 aliphatic rings. The van der Waals surface area contributed by atoms with Gasteiger partial charge in [0.2, 0.25) is 0 Å². The Bertz CT molecular complexity index is 369. The summed E-state index contributed by atoms with van der Waals surface area (Å²) in [7, 11) is 0. The number of nitrogens with one attached hydrogen (secondary N) is 1. The highest BCUT2D eigenvalue weighted by Gasteiger charge is 2.09. The molecule has 0 aliphatic heterocycles. The molecular formula is C12H18N2O3. The van der Waals surface area contributed by atoms with E-state index < -0.39 is 6.23 Å². The fourth-order valence-electron chi connectivity index (χ4n) is 1.37. The van der Waals surface area contributed by atoms with Crippen molar-refractivity contribution in [1.29, 1.82) is 0 Å². The van der Waals surface area contributed by atoms with Crippen LogP contribution in [0.2, 0.25) is 0 Å². The molecule has 0 heterocycles. The number of para-hydroxylation sites is 2. The molecule has 1 unspecified atom stereocenters. The van der Waals surface area contributed by atoms with E-state index in [9.17, 15) is 9.90 Å². The summed E-state index contributed by atoms with van der Waals surface area (Å²) in [5.41, 5.74) is 6.92. The normalized spacial score (nSPS) is 11.9. The van der Waals surface area contributed by atoms with E-state index >= 15 is 0 Å². The summed E-state index contributed by atoms with van der Waals surface area (Å²) in [5.74, 6) is -0.311. The number of benzene rings is 1. The number of esters is 1. The Kier molecular flexibility index (Phi) is 5.29. The lowest BCUT2D eigenvalue weighted by molar-refractivity contribution is -0.143. The fourth-order valence-corrected chi connectivity index (χ4v) is 1.37. The van der Waals surface area contributed by atoms with E-state index in [4.69, 9.17) is 10.5 Å². The third-order valence-electron chi connectivity index (χ3n) is 2.21. The average molecular weight is 238 g/mol.